The Bertz CT molecular complexity index is 779. The summed E-state index contributed by atoms with van der Waals surface area (Å²) < 4.78 is 0. The Morgan fingerprint density at radius 1 is 0.840 bits per heavy atom. The lowest BCUT2D eigenvalue weighted by atomic mass is 10.1. The molecule has 0 aliphatic carbocycles. The monoisotopic (exact) mass is 332 g/mol. The molecule has 126 valence electrons. The van der Waals surface area contributed by atoms with Crippen LogP contribution in [-0.4, -0.2) is 15.9 Å². The maximum Gasteiger partial charge on any atom is 0.242 e. The van der Waals surface area contributed by atoms with Crippen molar-refractivity contribution < 1.29 is 4.79 Å². The molecule has 1 aromatic carbocycles. The third kappa shape index (κ3) is 4.96. The van der Waals surface area contributed by atoms with Crippen molar-refractivity contribution >= 4 is 5.91 Å². The molecule has 0 bridgehead atoms. The molecular weight excluding hydrogens is 312 g/mol. The number of carbonyl (C=O) groups excluding carboxylic acids is 1. The standard InChI is InChI=1S/C20H20N4O/c25-20(24-14-16-8-11-21-12-9-16)19(18-6-2-1-3-7-18)23-15-17-5-4-10-22-13-17/h1-13,19,23H,14-15H2,(H,24,25). The van der Waals surface area contributed by atoms with E-state index in [2.05, 4.69) is 20.6 Å². The molecule has 0 saturated carbocycles. The van der Waals surface area contributed by atoms with Gasteiger partial charge in [0.2, 0.25) is 5.91 Å². The molecular formula is C20H20N4O. The van der Waals surface area contributed by atoms with Crippen LogP contribution >= 0.6 is 0 Å². The van der Waals surface area contributed by atoms with E-state index in [0.717, 1.165) is 16.7 Å². The van der Waals surface area contributed by atoms with Gasteiger partial charge in [0.05, 0.1) is 0 Å². The largest absolute Gasteiger partial charge is 0.350 e. The minimum absolute atomic E-state index is 0.0631. The molecule has 0 aliphatic heterocycles. The summed E-state index contributed by atoms with van der Waals surface area (Å²) >= 11 is 0. The normalized spacial score (nSPS) is 11.7. The highest BCUT2D eigenvalue weighted by molar-refractivity contribution is 5.83. The van der Waals surface area contributed by atoms with Crippen LogP contribution in [0.25, 0.3) is 0 Å². The van der Waals surface area contributed by atoms with E-state index in [-0.39, 0.29) is 5.91 Å². The van der Waals surface area contributed by atoms with Crippen LogP contribution in [0.4, 0.5) is 0 Å². The van der Waals surface area contributed by atoms with Gasteiger partial charge >= 0.3 is 0 Å². The fourth-order valence-corrected chi connectivity index (χ4v) is 2.52. The second kappa shape index (κ2) is 8.70. The van der Waals surface area contributed by atoms with Crippen LogP contribution in [0, 0.1) is 0 Å². The SMILES string of the molecule is O=C(NCc1ccncc1)C(NCc1cccnc1)c1ccccc1. The highest BCUT2D eigenvalue weighted by atomic mass is 16.2. The Labute approximate surface area is 147 Å². The summed E-state index contributed by atoms with van der Waals surface area (Å²) in [6.45, 7) is 1.04. The average molecular weight is 332 g/mol. The molecule has 5 heteroatoms. The Morgan fingerprint density at radius 3 is 2.36 bits per heavy atom. The number of aromatic nitrogens is 2. The fourth-order valence-electron chi connectivity index (χ4n) is 2.52. The van der Waals surface area contributed by atoms with Crippen molar-refractivity contribution in [1.29, 1.82) is 0 Å². The molecule has 1 unspecified atom stereocenters. The summed E-state index contributed by atoms with van der Waals surface area (Å²) in [5.41, 5.74) is 2.98. The molecule has 2 aromatic heterocycles. The first-order chi connectivity index (χ1) is 12.3. The van der Waals surface area contributed by atoms with E-state index in [1.54, 1.807) is 24.8 Å². The third-order valence-electron chi connectivity index (χ3n) is 3.84. The number of nitrogens with zero attached hydrogens (tertiary/aromatic N) is 2. The Kier molecular flexibility index (Phi) is 5.85. The molecule has 0 spiro atoms. The minimum Gasteiger partial charge on any atom is -0.350 e. The minimum atomic E-state index is -0.428. The zero-order valence-corrected chi connectivity index (χ0v) is 13.8. The van der Waals surface area contributed by atoms with Gasteiger partial charge in [-0.25, -0.2) is 0 Å². The quantitative estimate of drug-likeness (QED) is 0.698. The lowest BCUT2D eigenvalue weighted by molar-refractivity contribution is -0.123. The van der Waals surface area contributed by atoms with Crippen LogP contribution in [-0.2, 0) is 17.9 Å². The van der Waals surface area contributed by atoms with E-state index in [1.807, 2.05) is 54.6 Å². The third-order valence-corrected chi connectivity index (χ3v) is 3.84. The number of benzene rings is 1. The lowest BCUT2D eigenvalue weighted by Gasteiger charge is -2.19. The lowest BCUT2D eigenvalue weighted by Crippen LogP contribution is -2.37. The topological polar surface area (TPSA) is 66.9 Å². The van der Waals surface area contributed by atoms with Crippen LogP contribution in [0.1, 0.15) is 22.7 Å². The Hall–Kier alpha value is -3.05. The van der Waals surface area contributed by atoms with Crippen molar-refractivity contribution in [1.82, 2.24) is 20.6 Å². The maximum absolute atomic E-state index is 12.7. The van der Waals surface area contributed by atoms with Crippen LogP contribution in [0.2, 0.25) is 0 Å². The molecule has 2 heterocycles. The van der Waals surface area contributed by atoms with Gasteiger partial charge in [-0.1, -0.05) is 36.4 Å². The van der Waals surface area contributed by atoms with Gasteiger partial charge in [-0.15, -0.1) is 0 Å². The molecule has 0 fully saturated rings. The average Bonchev–Trinajstić information content (AvgIpc) is 2.69. The second-order valence-electron chi connectivity index (χ2n) is 5.66. The molecule has 25 heavy (non-hydrogen) atoms. The van der Waals surface area contributed by atoms with E-state index in [4.69, 9.17) is 0 Å². The molecule has 1 amide bonds. The smallest absolute Gasteiger partial charge is 0.242 e. The van der Waals surface area contributed by atoms with E-state index in [0.29, 0.717) is 13.1 Å². The molecule has 3 rings (SSSR count). The van der Waals surface area contributed by atoms with E-state index >= 15 is 0 Å². The summed E-state index contributed by atoms with van der Waals surface area (Å²) in [6, 6.07) is 16.9. The van der Waals surface area contributed by atoms with Crippen molar-refractivity contribution in [3.8, 4) is 0 Å². The highest BCUT2D eigenvalue weighted by Gasteiger charge is 2.19. The summed E-state index contributed by atoms with van der Waals surface area (Å²) in [5, 5.41) is 6.31. The predicted octanol–water partition coefficient (Wildman–Crippen LogP) is 2.62. The number of nitrogens with one attached hydrogen (secondary N) is 2. The van der Waals surface area contributed by atoms with Crippen molar-refractivity contribution in [2.75, 3.05) is 0 Å². The highest BCUT2D eigenvalue weighted by Crippen LogP contribution is 2.14. The number of rotatable bonds is 7. The van der Waals surface area contributed by atoms with Crippen molar-refractivity contribution in [2.45, 2.75) is 19.1 Å². The van der Waals surface area contributed by atoms with Crippen LogP contribution in [0.15, 0.2) is 79.4 Å². The first-order valence-electron chi connectivity index (χ1n) is 8.17. The van der Waals surface area contributed by atoms with Gasteiger partial charge in [0.1, 0.15) is 6.04 Å². The molecule has 0 saturated heterocycles. The first-order valence-corrected chi connectivity index (χ1v) is 8.17. The summed E-state index contributed by atoms with van der Waals surface area (Å²) in [6.07, 6.45) is 6.97. The van der Waals surface area contributed by atoms with E-state index < -0.39 is 6.04 Å². The molecule has 1 atom stereocenters. The summed E-state index contributed by atoms with van der Waals surface area (Å²) in [7, 11) is 0. The van der Waals surface area contributed by atoms with E-state index in [9.17, 15) is 4.79 Å². The number of pyridine rings is 2. The first kappa shape index (κ1) is 16.8. The van der Waals surface area contributed by atoms with Gasteiger partial charge in [-0.2, -0.15) is 0 Å². The summed E-state index contributed by atoms with van der Waals surface area (Å²) in [5.74, 6) is -0.0631. The summed E-state index contributed by atoms with van der Waals surface area (Å²) in [4.78, 5) is 20.8. The van der Waals surface area contributed by atoms with Crippen LogP contribution in [0.5, 0.6) is 0 Å². The zero-order chi connectivity index (χ0) is 17.3. The zero-order valence-electron chi connectivity index (χ0n) is 13.8. The van der Waals surface area contributed by atoms with Gasteiger partial charge in [0.25, 0.3) is 0 Å². The van der Waals surface area contributed by atoms with Gasteiger partial charge in [-0.3, -0.25) is 20.1 Å². The fraction of sp³-hybridized carbons (Fsp3) is 0.150. The van der Waals surface area contributed by atoms with Crippen molar-refractivity contribution in [3.63, 3.8) is 0 Å². The van der Waals surface area contributed by atoms with Crippen molar-refractivity contribution in [3.05, 3.63) is 96.1 Å². The predicted molar refractivity (Wildman–Crippen MR) is 96.3 cm³/mol. The van der Waals surface area contributed by atoms with Gasteiger partial charge in [0.15, 0.2) is 0 Å². The van der Waals surface area contributed by atoms with Crippen molar-refractivity contribution in [2.24, 2.45) is 0 Å². The number of hydrogen-bond donors (Lipinski definition) is 2. The molecule has 0 aliphatic rings. The van der Waals surface area contributed by atoms with Gasteiger partial charge < -0.3 is 5.32 Å². The van der Waals surface area contributed by atoms with E-state index in [1.165, 1.54) is 0 Å². The molecule has 2 N–H and O–H groups in total. The maximum atomic E-state index is 12.7. The Balaban J connectivity index is 1.68. The van der Waals surface area contributed by atoms with Crippen LogP contribution < -0.4 is 10.6 Å². The molecule has 0 radical (unpaired) electrons. The molecule has 5 nitrogen and oxygen atoms in total. The number of carbonyl (C=O) groups is 1. The van der Waals surface area contributed by atoms with Gasteiger partial charge in [-0.05, 0) is 34.9 Å². The van der Waals surface area contributed by atoms with Gasteiger partial charge in [0, 0.05) is 37.9 Å². The van der Waals surface area contributed by atoms with Crippen LogP contribution in [0.3, 0.4) is 0 Å². The molecule has 3 aromatic rings. The Morgan fingerprint density at radius 2 is 1.64 bits per heavy atom. The number of amides is 1. The second-order valence-corrected chi connectivity index (χ2v) is 5.66. The number of hydrogen-bond acceptors (Lipinski definition) is 4.